The van der Waals surface area contributed by atoms with E-state index >= 15 is 0 Å². The maximum absolute atomic E-state index is 6.29. The summed E-state index contributed by atoms with van der Waals surface area (Å²) in [6.45, 7) is 9.01. The van der Waals surface area contributed by atoms with Gasteiger partial charge in [-0.1, -0.05) is 30.7 Å². The fourth-order valence-corrected chi connectivity index (χ4v) is 3.09. The molecule has 21 heavy (non-hydrogen) atoms. The number of anilines is 1. The molecule has 1 aliphatic rings. The van der Waals surface area contributed by atoms with Crippen molar-refractivity contribution >= 4 is 17.3 Å². The first kappa shape index (κ1) is 16.6. The molecule has 5 heteroatoms. The molecule has 1 heterocycles. The van der Waals surface area contributed by atoms with Crippen LogP contribution in [-0.4, -0.2) is 63.9 Å². The van der Waals surface area contributed by atoms with E-state index in [1.807, 2.05) is 18.2 Å². The van der Waals surface area contributed by atoms with Crippen molar-refractivity contribution in [3.8, 4) is 0 Å². The largest absolute Gasteiger partial charge is 0.383 e. The van der Waals surface area contributed by atoms with Crippen LogP contribution in [0.15, 0.2) is 24.3 Å². The molecular weight excluding hydrogens is 286 g/mol. The molecule has 0 bridgehead atoms. The Kier molecular flexibility index (Phi) is 6.77. The van der Waals surface area contributed by atoms with E-state index in [2.05, 4.69) is 28.1 Å². The van der Waals surface area contributed by atoms with Crippen molar-refractivity contribution in [3.05, 3.63) is 29.3 Å². The molecule has 1 aromatic rings. The van der Waals surface area contributed by atoms with Gasteiger partial charge in [0.15, 0.2) is 0 Å². The van der Waals surface area contributed by atoms with Gasteiger partial charge in [0.05, 0.1) is 17.3 Å². The molecule has 1 unspecified atom stereocenters. The smallest absolute Gasteiger partial charge is 0.0639 e. The maximum Gasteiger partial charge on any atom is 0.0639 e. The highest BCUT2D eigenvalue weighted by Gasteiger charge is 2.24. The van der Waals surface area contributed by atoms with E-state index in [9.17, 15) is 0 Å². The average Bonchev–Trinajstić information content (AvgIpc) is 2.52. The van der Waals surface area contributed by atoms with Gasteiger partial charge in [-0.2, -0.15) is 0 Å². The van der Waals surface area contributed by atoms with E-state index in [1.54, 1.807) is 7.11 Å². The Morgan fingerprint density at radius 1 is 1.24 bits per heavy atom. The minimum absolute atomic E-state index is 0.448. The standard InChI is InChI=1S/C16H26ClN3O/c1-3-18-12-14(13-21-2)19-8-10-20(11-9-19)16-7-5-4-6-15(16)17/h4-7,14,18H,3,8-13H2,1-2H3. The van der Waals surface area contributed by atoms with Crippen molar-refractivity contribution < 1.29 is 4.74 Å². The summed E-state index contributed by atoms with van der Waals surface area (Å²) in [5, 5.41) is 4.27. The van der Waals surface area contributed by atoms with Crippen molar-refractivity contribution in [3.63, 3.8) is 0 Å². The Labute approximate surface area is 133 Å². The van der Waals surface area contributed by atoms with Gasteiger partial charge >= 0.3 is 0 Å². The number of benzene rings is 1. The van der Waals surface area contributed by atoms with E-state index in [-0.39, 0.29) is 0 Å². The number of para-hydroxylation sites is 1. The number of rotatable bonds is 7. The Morgan fingerprint density at radius 2 is 1.95 bits per heavy atom. The van der Waals surface area contributed by atoms with Crippen LogP contribution in [-0.2, 0) is 4.74 Å². The predicted molar refractivity (Wildman–Crippen MR) is 89.4 cm³/mol. The summed E-state index contributed by atoms with van der Waals surface area (Å²) in [5.74, 6) is 0. The maximum atomic E-state index is 6.29. The van der Waals surface area contributed by atoms with Crippen molar-refractivity contribution in [1.82, 2.24) is 10.2 Å². The lowest BCUT2D eigenvalue weighted by Gasteiger charge is -2.40. The molecule has 0 amide bonds. The average molecular weight is 312 g/mol. The monoisotopic (exact) mass is 311 g/mol. The fourth-order valence-electron chi connectivity index (χ4n) is 2.83. The highest BCUT2D eigenvalue weighted by Crippen LogP contribution is 2.26. The molecule has 1 N–H and O–H groups in total. The normalized spacial score (nSPS) is 18.0. The van der Waals surface area contributed by atoms with Gasteiger partial charge in [0, 0.05) is 45.9 Å². The first-order chi connectivity index (χ1) is 10.3. The second-order valence-electron chi connectivity index (χ2n) is 5.39. The Hall–Kier alpha value is -0.810. The summed E-state index contributed by atoms with van der Waals surface area (Å²) in [7, 11) is 1.78. The van der Waals surface area contributed by atoms with E-state index in [4.69, 9.17) is 16.3 Å². The van der Waals surface area contributed by atoms with Gasteiger partial charge in [-0.3, -0.25) is 4.90 Å². The Morgan fingerprint density at radius 3 is 2.57 bits per heavy atom. The van der Waals surface area contributed by atoms with Crippen LogP contribution in [0.25, 0.3) is 0 Å². The summed E-state index contributed by atoms with van der Waals surface area (Å²) in [5.41, 5.74) is 1.15. The number of nitrogens with zero attached hydrogens (tertiary/aromatic N) is 2. The molecule has 0 radical (unpaired) electrons. The van der Waals surface area contributed by atoms with Crippen molar-refractivity contribution in [1.29, 1.82) is 0 Å². The zero-order valence-corrected chi connectivity index (χ0v) is 13.8. The van der Waals surface area contributed by atoms with Crippen LogP contribution in [0.3, 0.4) is 0 Å². The molecule has 118 valence electrons. The third kappa shape index (κ3) is 4.58. The summed E-state index contributed by atoms with van der Waals surface area (Å²) in [6.07, 6.45) is 0. The van der Waals surface area contributed by atoms with Crippen LogP contribution in [0.2, 0.25) is 5.02 Å². The number of ether oxygens (including phenoxy) is 1. The number of halogens is 1. The Bertz CT molecular complexity index is 422. The van der Waals surface area contributed by atoms with Gasteiger partial charge in [-0.15, -0.1) is 0 Å². The van der Waals surface area contributed by atoms with Gasteiger partial charge < -0.3 is 15.0 Å². The minimum Gasteiger partial charge on any atom is -0.383 e. The van der Waals surface area contributed by atoms with Crippen molar-refractivity contribution in [2.45, 2.75) is 13.0 Å². The van der Waals surface area contributed by atoms with Gasteiger partial charge in [0.25, 0.3) is 0 Å². The zero-order valence-electron chi connectivity index (χ0n) is 13.0. The van der Waals surface area contributed by atoms with Gasteiger partial charge in [0.1, 0.15) is 0 Å². The van der Waals surface area contributed by atoms with Gasteiger partial charge in [-0.25, -0.2) is 0 Å². The van der Waals surface area contributed by atoms with Crippen LogP contribution < -0.4 is 10.2 Å². The molecule has 1 aliphatic heterocycles. The van der Waals surface area contributed by atoms with Crippen LogP contribution >= 0.6 is 11.6 Å². The van der Waals surface area contributed by atoms with Crippen molar-refractivity contribution in [2.24, 2.45) is 0 Å². The SMILES string of the molecule is CCNCC(COC)N1CCN(c2ccccc2Cl)CC1. The quantitative estimate of drug-likeness (QED) is 0.834. The first-order valence-electron chi connectivity index (χ1n) is 7.69. The summed E-state index contributed by atoms with van der Waals surface area (Å²) in [4.78, 5) is 4.88. The number of piperazine rings is 1. The molecule has 0 aromatic heterocycles. The Balaban J connectivity index is 1.91. The predicted octanol–water partition coefficient (Wildman–Crippen LogP) is 2.09. The molecular formula is C16H26ClN3O. The molecule has 2 rings (SSSR count). The fraction of sp³-hybridized carbons (Fsp3) is 0.625. The van der Waals surface area contributed by atoms with Gasteiger partial charge in [-0.05, 0) is 18.7 Å². The number of nitrogens with one attached hydrogen (secondary N) is 1. The number of hydrogen-bond acceptors (Lipinski definition) is 4. The van der Waals surface area contributed by atoms with Crippen LogP contribution in [0.4, 0.5) is 5.69 Å². The summed E-state index contributed by atoms with van der Waals surface area (Å²) in [6, 6.07) is 8.54. The summed E-state index contributed by atoms with van der Waals surface area (Å²) >= 11 is 6.29. The third-order valence-corrected chi connectivity index (χ3v) is 4.33. The van der Waals surface area contributed by atoms with Crippen molar-refractivity contribution in [2.75, 3.05) is 57.9 Å². The lowest BCUT2D eigenvalue weighted by molar-refractivity contribution is 0.0855. The topological polar surface area (TPSA) is 27.7 Å². The molecule has 0 aliphatic carbocycles. The molecule has 1 aromatic carbocycles. The molecule has 1 atom stereocenters. The second-order valence-corrected chi connectivity index (χ2v) is 5.80. The lowest BCUT2D eigenvalue weighted by atomic mass is 10.2. The molecule has 4 nitrogen and oxygen atoms in total. The summed E-state index contributed by atoms with van der Waals surface area (Å²) < 4.78 is 5.37. The number of likely N-dealkylation sites (N-methyl/N-ethyl adjacent to an activating group) is 1. The van der Waals surface area contributed by atoms with E-state index in [1.165, 1.54) is 0 Å². The highest BCUT2D eigenvalue weighted by atomic mass is 35.5. The van der Waals surface area contributed by atoms with Crippen LogP contribution in [0.5, 0.6) is 0 Å². The zero-order chi connectivity index (χ0) is 15.1. The molecule has 1 saturated heterocycles. The number of hydrogen-bond donors (Lipinski definition) is 1. The van der Waals surface area contributed by atoms with E-state index in [0.717, 1.165) is 56.6 Å². The van der Waals surface area contributed by atoms with Crippen LogP contribution in [0.1, 0.15) is 6.92 Å². The molecule has 1 fully saturated rings. The minimum atomic E-state index is 0.448. The third-order valence-electron chi connectivity index (χ3n) is 4.01. The molecule has 0 spiro atoms. The lowest BCUT2D eigenvalue weighted by Crippen LogP contribution is -2.54. The van der Waals surface area contributed by atoms with Gasteiger partial charge in [0.2, 0.25) is 0 Å². The van der Waals surface area contributed by atoms with Crippen LogP contribution in [0, 0.1) is 0 Å². The van der Waals surface area contributed by atoms with E-state index < -0.39 is 0 Å². The first-order valence-corrected chi connectivity index (χ1v) is 8.07. The highest BCUT2D eigenvalue weighted by molar-refractivity contribution is 6.33. The number of methoxy groups -OCH3 is 1. The second kappa shape index (κ2) is 8.59. The van der Waals surface area contributed by atoms with E-state index in [0.29, 0.717) is 6.04 Å². The molecule has 0 saturated carbocycles.